The molecule has 0 aliphatic heterocycles. The number of benzene rings is 1. The van der Waals surface area contributed by atoms with Crippen LogP contribution in [0.15, 0.2) is 18.2 Å². The zero-order chi connectivity index (χ0) is 10.6. The highest BCUT2D eigenvalue weighted by Crippen LogP contribution is 2.25. The lowest BCUT2D eigenvalue weighted by Crippen LogP contribution is -2.23. The van der Waals surface area contributed by atoms with Crippen molar-refractivity contribution in [1.82, 2.24) is 5.32 Å². The Morgan fingerprint density at radius 3 is 2.79 bits per heavy atom. The highest BCUT2D eigenvalue weighted by atomic mass is 35.5. The molecule has 0 unspecified atom stereocenters. The summed E-state index contributed by atoms with van der Waals surface area (Å²) in [7, 11) is 0. The minimum absolute atomic E-state index is 0.354. The van der Waals surface area contributed by atoms with Crippen LogP contribution in [0.4, 0.5) is 0 Å². The van der Waals surface area contributed by atoms with Gasteiger partial charge in [-0.25, -0.2) is 0 Å². The number of nitrogens with one attached hydrogen (secondary N) is 1. The topological polar surface area (TPSA) is 32.3 Å². The van der Waals surface area contributed by atoms with Gasteiger partial charge < -0.3 is 10.4 Å². The van der Waals surface area contributed by atoms with Crippen LogP contribution in [0, 0.1) is 0 Å². The van der Waals surface area contributed by atoms with E-state index in [4.69, 9.17) is 28.3 Å². The van der Waals surface area contributed by atoms with Crippen LogP contribution in [0.3, 0.4) is 0 Å². The molecule has 0 spiro atoms. The molecule has 2 N–H and O–H groups in total. The Bertz CT molecular complexity index is 302. The third kappa shape index (κ3) is 3.46. The summed E-state index contributed by atoms with van der Waals surface area (Å²) in [5.41, 5.74) is 0.944. The maximum Gasteiger partial charge on any atom is 0.0637 e. The Labute approximate surface area is 93.8 Å². The monoisotopic (exact) mass is 233 g/mol. The molecule has 0 saturated carbocycles. The molecular formula is C10H13Cl2NO. The molecule has 1 aromatic rings. The van der Waals surface area contributed by atoms with E-state index in [0.29, 0.717) is 23.1 Å². The van der Waals surface area contributed by atoms with Crippen molar-refractivity contribution in [1.29, 1.82) is 0 Å². The quantitative estimate of drug-likeness (QED) is 0.838. The molecule has 0 heterocycles. The third-order valence-corrected chi connectivity index (χ3v) is 2.64. The molecule has 0 amide bonds. The van der Waals surface area contributed by atoms with Crippen molar-refractivity contribution < 1.29 is 5.11 Å². The van der Waals surface area contributed by atoms with E-state index in [0.717, 1.165) is 5.56 Å². The molecule has 0 aliphatic carbocycles. The average Bonchev–Trinajstić information content (AvgIpc) is 2.12. The van der Waals surface area contributed by atoms with Crippen molar-refractivity contribution in [3.63, 3.8) is 0 Å². The van der Waals surface area contributed by atoms with Crippen LogP contribution in [-0.2, 0) is 6.54 Å². The lowest BCUT2D eigenvalue weighted by Gasteiger charge is -2.08. The van der Waals surface area contributed by atoms with Gasteiger partial charge in [-0.15, -0.1) is 0 Å². The molecule has 2 nitrogen and oxygen atoms in total. The molecule has 0 saturated heterocycles. The van der Waals surface area contributed by atoms with E-state index < -0.39 is 0 Å². The van der Waals surface area contributed by atoms with Gasteiger partial charge in [0.2, 0.25) is 0 Å². The van der Waals surface area contributed by atoms with E-state index in [1.165, 1.54) is 0 Å². The fourth-order valence-corrected chi connectivity index (χ4v) is 1.49. The van der Waals surface area contributed by atoms with Crippen molar-refractivity contribution in [2.45, 2.75) is 19.6 Å². The molecule has 0 radical (unpaired) electrons. The number of aliphatic hydroxyl groups is 1. The lowest BCUT2D eigenvalue weighted by molar-refractivity contribution is 0.191. The summed E-state index contributed by atoms with van der Waals surface area (Å²) in [6, 6.07) is 5.51. The minimum atomic E-state index is -0.354. The zero-order valence-electron chi connectivity index (χ0n) is 7.93. The van der Waals surface area contributed by atoms with Gasteiger partial charge in [-0.1, -0.05) is 35.3 Å². The van der Waals surface area contributed by atoms with Gasteiger partial charge in [0.1, 0.15) is 0 Å². The third-order valence-electron chi connectivity index (χ3n) is 1.79. The predicted octanol–water partition coefficient (Wildman–Crippen LogP) is 2.46. The fourth-order valence-electron chi connectivity index (χ4n) is 1.10. The van der Waals surface area contributed by atoms with Gasteiger partial charge in [0.05, 0.1) is 16.1 Å². The van der Waals surface area contributed by atoms with E-state index in [2.05, 4.69) is 5.32 Å². The SMILES string of the molecule is C[C@@H](O)CNCc1cccc(Cl)c1Cl. The molecule has 1 atom stereocenters. The molecule has 0 aromatic heterocycles. The van der Waals surface area contributed by atoms with Crippen LogP contribution in [0.25, 0.3) is 0 Å². The van der Waals surface area contributed by atoms with E-state index in [-0.39, 0.29) is 6.10 Å². The number of hydrogen-bond donors (Lipinski definition) is 2. The van der Waals surface area contributed by atoms with Crippen molar-refractivity contribution in [3.05, 3.63) is 33.8 Å². The average molecular weight is 234 g/mol. The van der Waals surface area contributed by atoms with Crippen molar-refractivity contribution >= 4 is 23.2 Å². The van der Waals surface area contributed by atoms with Crippen LogP contribution in [0.5, 0.6) is 0 Å². The molecule has 4 heteroatoms. The first kappa shape index (κ1) is 11.8. The van der Waals surface area contributed by atoms with Gasteiger partial charge in [-0.2, -0.15) is 0 Å². The van der Waals surface area contributed by atoms with Crippen LogP contribution < -0.4 is 5.32 Å². The fraction of sp³-hybridized carbons (Fsp3) is 0.400. The first-order valence-corrected chi connectivity index (χ1v) is 5.18. The maximum absolute atomic E-state index is 9.03. The van der Waals surface area contributed by atoms with Gasteiger partial charge in [0.15, 0.2) is 0 Å². The Hall–Kier alpha value is -0.280. The highest BCUT2D eigenvalue weighted by Gasteiger charge is 2.03. The van der Waals surface area contributed by atoms with E-state index in [1.807, 2.05) is 12.1 Å². The Balaban J connectivity index is 2.54. The first-order valence-electron chi connectivity index (χ1n) is 4.43. The smallest absolute Gasteiger partial charge is 0.0637 e. The Morgan fingerprint density at radius 1 is 1.43 bits per heavy atom. The maximum atomic E-state index is 9.03. The Morgan fingerprint density at radius 2 is 2.14 bits per heavy atom. The van der Waals surface area contributed by atoms with Crippen molar-refractivity contribution in [2.24, 2.45) is 0 Å². The van der Waals surface area contributed by atoms with Crippen LogP contribution in [0.1, 0.15) is 12.5 Å². The molecule has 1 aromatic carbocycles. The summed E-state index contributed by atoms with van der Waals surface area (Å²) in [4.78, 5) is 0. The number of hydrogen-bond acceptors (Lipinski definition) is 2. The predicted molar refractivity (Wildman–Crippen MR) is 59.8 cm³/mol. The number of halogens is 2. The standard InChI is InChI=1S/C10H13Cl2NO/c1-7(14)5-13-6-8-3-2-4-9(11)10(8)12/h2-4,7,13-14H,5-6H2,1H3/t7-/m1/s1. The van der Waals surface area contributed by atoms with Crippen LogP contribution in [0.2, 0.25) is 10.0 Å². The molecule has 0 aliphatic rings. The molecular weight excluding hydrogens is 221 g/mol. The van der Waals surface area contributed by atoms with Gasteiger partial charge in [-0.3, -0.25) is 0 Å². The van der Waals surface area contributed by atoms with E-state index in [1.54, 1.807) is 13.0 Å². The van der Waals surface area contributed by atoms with Gasteiger partial charge in [0, 0.05) is 13.1 Å². The molecule has 0 fully saturated rings. The second-order valence-corrected chi connectivity index (χ2v) is 3.98. The summed E-state index contributed by atoms with van der Waals surface area (Å²) in [6.07, 6.45) is -0.354. The number of rotatable bonds is 4. The summed E-state index contributed by atoms with van der Waals surface area (Å²) in [5.74, 6) is 0. The van der Waals surface area contributed by atoms with E-state index >= 15 is 0 Å². The summed E-state index contributed by atoms with van der Waals surface area (Å²) in [6.45, 7) is 2.89. The minimum Gasteiger partial charge on any atom is -0.392 e. The van der Waals surface area contributed by atoms with Crippen LogP contribution in [-0.4, -0.2) is 17.8 Å². The highest BCUT2D eigenvalue weighted by molar-refractivity contribution is 6.42. The molecule has 1 rings (SSSR count). The molecule has 14 heavy (non-hydrogen) atoms. The normalized spacial score (nSPS) is 12.9. The first-order chi connectivity index (χ1) is 6.61. The van der Waals surface area contributed by atoms with E-state index in [9.17, 15) is 0 Å². The lowest BCUT2D eigenvalue weighted by atomic mass is 10.2. The van der Waals surface area contributed by atoms with Crippen molar-refractivity contribution in [2.75, 3.05) is 6.54 Å². The van der Waals surface area contributed by atoms with Gasteiger partial charge in [0.25, 0.3) is 0 Å². The van der Waals surface area contributed by atoms with Crippen LogP contribution >= 0.6 is 23.2 Å². The summed E-state index contributed by atoms with van der Waals surface area (Å²) < 4.78 is 0. The van der Waals surface area contributed by atoms with Gasteiger partial charge >= 0.3 is 0 Å². The molecule has 78 valence electrons. The van der Waals surface area contributed by atoms with Gasteiger partial charge in [-0.05, 0) is 18.6 Å². The molecule has 0 bridgehead atoms. The largest absolute Gasteiger partial charge is 0.392 e. The second kappa shape index (κ2) is 5.56. The summed E-state index contributed by atoms with van der Waals surface area (Å²) in [5, 5.41) is 13.2. The number of aliphatic hydroxyl groups excluding tert-OH is 1. The second-order valence-electron chi connectivity index (χ2n) is 3.19. The summed E-state index contributed by atoms with van der Waals surface area (Å²) >= 11 is 11.8. The van der Waals surface area contributed by atoms with Crippen molar-refractivity contribution in [3.8, 4) is 0 Å². The zero-order valence-corrected chi connectivity index (χ0v) is 9.44. The Kier molecular flexibility index (Phi) is 4.69.